The van der Waals surface area contributed by atoms with E-state index < -0.39 is 0 Å². The molecule has 0 radical (unpaired) electrons. The first-order chi connectivity index (χ1) is 9.20. The number of hydrogen-bond acceptors (Lipinski definition) is 1. The predicted molar refractivity (Wildman–Crippen MR) is 85.7 cm³/mol. The third-order valence-corrected chi connectivity index (χ3v) is 5.20. The number of rotatable bonds is 4. The average molecular weight is 389 g/mol. The van der Waals surface area contributed by atoms with E-state index in [0.717, 1.165) is 21.9 Å². The molecule has 1 aromatic carbocycles. The standard InChI is InChI=1S/C15H19Br2NO/c16-9-12-4-1-2-5-13(12)10-18-15(19)11-6-3-7-14(17)8-11/h3,6-8,12-13H,1-2,4-5,9-10H2,(H,18,19). The van der Waals surface area contributed by atoms with Crippen molar-refractivity contribution in [2.75, 3.05) is 11.9 Å². The van der Waals surface area contributed by atoms with Gasteiger partial charge in [-0.25, -0.2) is 0 Å². The van der Waals surface area contributed by atoms with Crippen molar-refractivity contribution in [2.24, 2.45) is 11.8 Å². The van der Waals surface area contributed by atoms with Crippen LogP contribution in [0.1, 0.15) is 36.0 Å². The van der Waals surface area contributed by atoms with Crippen LogP contribution in [0.2, 0.25) is 0 Å². The molecule has 1 aromatic rings. The van der Waals surface area contributed by atoms with Crippen LogP contribution in [0.25, 0.3) is 0 Å². The molecule has 2 rings (SSSR count). The summed E-state index contributed by atoms with van der Waals surface area (Å²) in [7, 11) is 0. The minimum atomic E-state index is 0.0280. The predicted octanol–water partition coefficient (Wildman–Crippen LogP) is 4.38. The van der Waals surface area contributed by atoms with E-state index in [1.807, 2.05) is 24.3 Å². The molecule has 0 aliphatic heterocycles. The van der Waals surface area contributed by atoms with Gasteiger partial charge in [0.1, 0.15) is 0 Å². The number of benzene rings is 1. The summed E-state index contributed by atoms with van der Waals surface area (Å²) in [5.41, 5.74) is 0.723. The van der Waals surface area contributed by atoms with E-state index in [1.165, 1.54) is 25.7 Å². The summed E-state index contributed by atoms with van der Waals surface area (Å²) < 4.78 is 0.941. The Morgan fingerprint density at radius 1 is 1.26 bits per heavy atom. The van der Waals surface area contributed by atoms with Crippen LogP contribution in [-0.4, -0.2) is 17.8 Å². The van der Waals surface area contributed by atoms with Crippen molar-refractivity contribution in [1.29, 1.82) is 0 Å². The van der Waals surface area contributed by atoms with Crippen LogP contribution in [0.15, 0.2) is 28.7 Å². The van der Waals surface area contributed by atoms with Crippen LogP contribution >= 0.6 is 31.9 Å². The van der Waals surface area contributed by atoms with Crippen LogP contribution in [0.5, 0.6) is 0 Å². The molecule has 0 heterocycles. The van der Waals surface area contributed by atoms with E-state index in [4.69, 9.17) is 0 Å². The smallest absolute Gasteiger partial charge is 0.251 e. The van der Waals surface area contributed by atoms with Crippen molar-refractivity contribution in [3.8, 4) is 0 Å². The quantitative estimate of drug-likeness (QED) is 0.761. The fourth-order valence-corrected chi connectivity index (χ4v) is 3.96. The zero-order valence-electron chi connectivity index (χ0n) is 10.9. The zero-order chi connectivity index (χ0) is 13.7. The Hall–Kier alpha value is -0.350. The Morgan fingerprint density at radius 2 is 2.00 bits per heavy atom. The maximum absolute atomic E-state index is 12.1. The van der Waals surface area contributed by atoms with Crippen molar-refractivity contribution in [3.05, 3.63) is 34.3 Å². The van der Waals surface area contributed by atoms with Gasteiger partial charge in [-0.05, 0) is 42.9 Å². The molecule has 2 unspecified atom stereocenters. The Balaban J connectivity index is 1.89. The summed E-state index contributed by atoms with van der Waals surface area (Å²) >= 11 is 6.99. The van der Waals surface area contributed by atoms with Crippen LogP contribution in [-0.2, 0) is 0 Å². The van der Waals surface area contributed by atoms with E-state index in [9.17, 15) is 4.79 Å². The molecule has 1 amide bonds. The lowest BCUT2D eigenvalue weighted by Gasteiger charge is -2.30. The second kappa shape index (κ2) is 7.44. The molecule has 0 aromatic heterocycles. The molecule has 1 saturated carbocycles. The Morgan fingerprint density at radius 3 is 2.68 bits per heavy atom. The van der Waals surface area contributed by atoms with E-state index in [0.29, 0.717) is 11.8 Å². The largest absolute Gasteiger partial charge is 0.352 e. The lowest BCUT2D eigenvalue weighted by atomic mass is 9.80. The van der Waals surface area contributed by atoms with Gasteiger partial charge in [-0.15, -0.1) is 0 Å². The SMILES string of the molecule is O=C(NCC1CCCCC1CBr)c1cccc(Br)c1. The fraction of sp³-hybridized carbons (Fsp3) is 0.533. The molecular weight excluding hydrogens is 370 g/mol. The van der Waals surface area contributed by atoms with Crippen molar-refractivity contribution >= 4 is 37.8 Å². The molecular formula is C15H19Br2NO. The van der Waals surface area contributed by atoms with Crippen LogP contribution in [0.4, 0.5) is 0 Å². The lowest BCUT2D eigenvalue weighted by Crippen LogP contribution is -2.34. The average Bonchev–Trinajstić information content (AvgIpc) is 2.45. The number of halogens is 2. The van der Waals surface area contributed by atoms with Crippen LogP contribution in [0, 0.1) is 11.8 Å². The molecule has 0 spiro atoms. The van der Waals surface area contributed by atoms with Gasteiger partial charge in [0.2, 0.25) is 0 Å². The summed E-state index contributed by atoms with van der Waals surface area (Å²) in [6.07, 6.45) is 5.13. The van der Waals surface area contributed by atoms with Crippen molar-refractivity contribution < 1.29 is 4.79 Å². The molecule has 0 saturated heterocycles. The highest BCUT2D eigenvalue weighted by molar-refractivity contribution is 9.10. The Kier molecular flexibility index (Phi) is 5.89. The number of hydrogen-bond donors (Lipinski definition) is 1. The van der Waals surface area contributed by atoms with Crippen molar-refractivity contribution in [2.45, 2.75) is 25.7 Å². The first-order valence-electron chi connectivity index (χ1n) is 6.80. The molecule has 4 heteroatoms. The van der Waals surface area contributed by atoms with E-state index >= 15 is 0 Å². The van der Waals surface area contributed by atoms with E-state index in [2.05, 4.69) is 37.2 Å². The molecule has 2 nitrogen and oxygen atoms in total. The number of carbonyl (C=O) groups excluding carboxylic acids is 1. The highest BCUT2D eigenvalue weighted by Gasteiger charge is 2.24. The van der Waals surface area contributed by atoms with E-state index in [-0.39, 0.29) is 5.91 Å². The van der Waals surface area contributed by atoms with Gasteiger partial charge in [-0.2, -0.15) is 0 Å². The van der Waals surface area contributed by atoms with Crippen LogP contribution in [0.3, 0.4) is 0 Å². The number of carbonyl (C=O) groups is 1. The van der Waals surface area contributed by atoms with Crippen molar-refractivity contribution in [1.82, 2.24) is 5.32 Å². The molecule has 1 aliphatic carbocycles. The second-order valence-electron chi connectivity index (χ2n) is 5.18. The zero-order valence-corrected chi connectivity index (χ0v) is 14.0. The topological polar surface area (TPSA) is 29.1 Å². The third-order valence-electron chi connectivity index (χ3n) is 3.88. The molecule has 1 N–H and O–H groups in total. The van der Waals surface area contributed by atoms with Gasteiger partial charge in [0.15, 0.2) is 0 Å². The van der Waals surface area contributed by atoms with Gasteiger partial charge >= 0.3 is 0 Å². The summed E-state index contributed by atoms with van der Waals surface area (Å²) in [5.74, 6) is 1.35. The Labute approximate surface area is 131 Å². The van der Waals surface area contributed by atoms with Gasteiger partial charge in [0.05, 0.1) is 0 Å². The van der Waals surface area contributed by atoms with Gasteiger partial charge in [0.25, 0.3) is 5.91 Å². The third kappa shape index (κ3) is 4.32. The summed E-state index contributed by atoms with van der Waals surface area (Å²) in [5, 5.41) is 4.13. The molecule has 0 bridgehead atoms. The second-order valence-corrected chi connectivity index (χ2v) is 6.74. The van der Waals surface area contributed by atoms with E-state index in [1.54, 1.807) is 0 Å². The molecule has 1 fully saturated rings. The normalized spacial score (nSPS) is 23.1. The number of alkyl halides is 1. The summed E-state index contributed by atoms with van der Waals surface area (Å²) in [4.78, 5) is 12.1. The minimum Gasteiger partial charge on any atom is -0.352 e. The van der Waals surface area contributed by atoms with Crippen LogP contribution < -0.4 is 5.32 Å². The van der Waals surface area contributed by atoms with Gasteiger partial charge in [0, 0.05) is 21.9 Å². The van der Waals surface area contributed by atoms with Gasteiger partial charge in [-0.3, -0.25) is 4.79 Å². The maximum Gasteiger partial charge on any atom is 0.251 e. The number of amides is 1. The lowest BCUT2D eigenvalue weighted by molar-refractivity contribution is 0.0937. The van der Waals surface area contributed by atoms with Crippen molar-refractivity contribution in [3.63, 3.8) is 0 Å². The van der Waals surface area contributed by atoms with Gasteiger partial charge in [-0.1, -0.05) is 50.8 Å². The summed E-state index contributed by atoms with van der Waals surface area (Å²) in [6.45, 7) is 0.793. The summed E-state index contributed by atoms with van der Waals surface area (Å²) in [6, 6.07) is 7.53. The Bertz CT molecular complexity index is 436. The first kappa shape index (κ1) is 15.0. The highest BCUT2D eigenvalue weighted by Crippen LogP contribution is 2.30. The molecule has 19 heavy (non-hydrogen) atoms. The molecule has 2 atom stereocenters. The molecule has 1 aliphatic rings. The maximum atomic E-state index is 12.1. The minimum absolute atomic E-state index is 0.0280. The first-order valence-corrected chi connectivity index (χ1v) is 8.72. The monoisotopic (exact) mass is 387 g/mol. The molecule has 104 valence electrons. The number of nitrogens with one attached hydrogen (secondary N) is 1. The fourth-order valence-electron chi connectivity index (χ4n) is 2.71. The highest BCUT2D eigenvalue weighted by atomic mass is 79.9. The van der Waals surface area contributed by atoms with Gasteiger partial charge < -0.3 is 5.32 Å².